The smallest absolute Gasteiger partial charge is 0.394 e. The molecule has 1 saturated heterocycles. The molecule has 0 aromatic heterocycles. The normalized spacial score (nSPS) is 14.1. The van der Waals surface area contributed by atoms with Gasteiger partial charge in [0.05, 0.1) is 12.0 Å². The van der Waals surface area contributed by atoms with Gasteiger partial charge in [0.1, 0.15) is 5.75 Å². The molecule has 3 rings (SSSR count). The number of carboxylic acid groups (broad SMARTS) is 1. The molecular weight excluding hydrogens is 606 g/mol. The number of carbonyl (C=O) groups is 3. The number of benzene rings is 2. The summed E-state index contributed by atoms with van der Waals surface area (Å²) in [5.41, 5.74) is 1.22. The van der Waals surface area contributed by atoms with Crippen molar-refractivity contribution >= 4 is 27.8 Å². The van der Waals surface area contributed by atoms with Crippen LogP contribution in [0.3, 0.4) is 0 Å². The van der Waals surface area contributed by atoms with E-state index >= 15 is 0 Å². The molecule has 10 nitrogen and oxygen atoms in total. The topological polar surface area (TPSA) is 133 Å². The summed E-state index contributed by atoms with van der Waals surface area (Å²) in [6, 6.07) is 13.1. The van der Waals surface area contributed by atoms with Gasteiger partial charge in [-0.3, -0.25) is 9.59 Å². The highest BCUT2D eigenvalue weighted by molar-refractivity contribution is 7.89. The molecule has 2 aromatic rings. The number of carboxylic acids is 1. The standard InChI is InChI=1S/C35H51N3O7S/c1-3-4-5-6-7-8-9-10-11-12-23-36-33(39)30-15-13-28(14-16-30)26-37(34(40)35(41)42)27-29-21-24-38(25-22-29)46(43,44)32-19-17-31(45-2)18-20-32/h13-20,29H,3-12,21-27H2,1-2H3,(H,36,39)(H,41,42). The maximum absolute atomic E-state index is 13.1. The molecule has 1 fully saturated rings. The van der Waals surface area contributed by atoms with Gasteiger partial charge >= 0.3 is 11.9 Å². The lowest BCUT2D eigenvalue weighted by Crippen LogP contribution is -2.44. The molecular formula is C35H51N3O7S. The van der Waals surface area contributed by atoms with Crippen LogP contribution in [0.5, 0.6) is 5.75 Å². The molecule has 0 unspecified atom stereocenters. The predicted molar refractivity (Wildman–Crippen MR) is 178 cm³/mol. The Morgan fingerprint density at radius 3 is 1.98 bits per heavy atom. The van der Waals surface area contributed by atoms with Crippen molar-refractivity contribution in [3.8, 4) is 5.75 Å². The van der Waals surface area contributed by atoms with E-state index in [1.54, 1.807) is 36.4 Å². The molecule has 0 atom stereocenters. The Kier molecular flexibility index (Phi) is 15.5. The number of sulfonamides is 1. The Morgan fingerprint density at radius 2 is 1.43 bits per heavy atom. The van der Waals surface area contributed by atoms with Gasteiger partial charge in [0.25, 0.3) is 5.91 Å². The van der Waals surface area contributed by atoms with Crippen molar-refractivity contribution < 1.29 is 32.6 Å². The molecule has 1 aliphatic rings. The molecule has 11 heteroatoms. The van der Waals surface area contributed by atoms with Crippen LogP contribution < -0.4 is 10.1 Å². The Morgan fingerprint density at radius 1 is 0.870 bits per heavy atom. The number of ether oxygens (including phenoxy) is 1. The molecule has 46 heavy (non-hydrogen) atoms. The van der Waals surface area contributed by atoms with Gasteiger partial charge in [-0.05, 0) is 67.1 Å². The number of unbranched alkanes of at least 4 members (excludes halogenated alkanes) is 9. The van der Waals surface area contributed by atoms with Crippen LogP contribution in [0.25, 0.3) is 0 Å². The van der Waals surface area contributed by atoms with Gasteiger partial charge in [-0.1, -0.05) is 76.8 Å². The third-order valence-electron chi connectivity index (χ3n) is 8.62. The van der Waals surface area contributed by atoms with Gasteiger partial charge in [0.15, 0.2) is 0 Å². The summed E-state index contributed by atoms with van der Waals surface area (Å²) in [6.45, 7) is 3.68. The monoisotopic (exact) mass is 657 g/mol. The zero-order chi connectivity index (χ0) is 33.4. The lowest BCUT2D eigenvalue weighted by atomic mass is 9.97. The molecule has 254 valence electrons. The van der Waals surface area contributed by atoms with E-state index in [9.17, 15) is 27.9 Å². The van der Waals surface area contributed by atoms with Crippen molar-refractivity contribution in [2.24, 2.45) is 5.92 Å². The molecule has 0 bridgehead atoms. The first-order chi connectivity index (χ1) is 22.1. The highest BCUT2D eigenvalue weighted by atomic mass is 32.2. The maximum Gasteiger partial charge on any atom is 0.394 e. The number of aliphatic carboxylic acids is 1. The van der Waals surface area contributed by atoms with Crippen LogP contribution >= 0.6 is 0 Å². The molecule has 0 spiro atoms. The van der Waals surface area contributed by atoms with Gasteiger partial charge in [-0.15, -0.1) is 0 Å². The highest BCUT2D eigenvalue weighted by Gasteiger charge is 2.32. The number of hydrogen-bond acceptors (Lipinski definition) is 6. The first-order valence-corrected chi connectivity index (χ1v) is 18.1. The van der Waals surface area contributed by atoms with E-state index in [-0.39, 0.29) is 42.9 Å². The minimum Gasteiger partial charge on any atom is -0.497 e. The Balaban J connectivity index is 1.44. The first-order valence-electron chi connectivity index (χ1n) is 16.7. The zero-order valence-corrected chi connectivity index (χ0v) is 28.2. The number of nitrogens with zero attached hydrogens (tertiary/aromatic N) is 2. The van der Waals surface area contributed by atoms with Crippen LogP contribution in [0.15, 0.2) is 53.4 Å². The quantitative estimate of drug-likeness (QED) is 0.143. The molecule has 2 N–H and O–H groups in total. The summed E-state index contributed by atoms with van der Waals surface area (Å²) in [6.07, 6.45) is 13.3. The number of methoxy groups -OCH3 is 1. The second-order valence-electron chi connectivity index (χ2n) is 12.1. The van der Waals surface area contributed by atoms with Crippen LogP contribution in [-0.4, -0.2) is 73.8 Å². The minimum absolute atomic E-state index is 0.0542. The predicted octanol–water partition coefficient (Wildman–Crippen LogP) is 5.86. The molecule has 2 aromatic carbocycles. The fourth-order valence-electron chi connectivity index (χ4n) is 5.79. The Labute approximate surface area is 274 Å². The second kappa shape index (κ2) is 19.3. The first kappa shape index (κ1) is 37.0. The van der Waals surface area contributed by atoms with Crippen LogP contribution in [0.4, 0.5) is 0 Å². The highest BCUT2D eigenvalue weighted by Crippen LogP contribution is 2.26. The number of rotatable bonds is 19. The van der Waals surface area contributed by atoms with Crippen molar-refractivity contribution in [1.82, 2.24) is 14.5 Å². The lowest BCUT2D eigenvalue weighted by molar-refractivity contribution is -0.156. The Bertz CT molecular complexity index is 1340. The SMILES string of the molecule is CCCCCCCCCCCCNC(=O)c1ccc(CN(CC2CCN(S(=O)(=O)c3ccc(OC)cc3)CC2)C(=O)C(=O)O)cc1. The van der Waals surface area contributed by atoms with Gasteiger partial charge in [0, 0.05) is 38.3 Å². The maximum atomic E-state index is 13.1. The van der Waals surface area contributed by atoms with Crippen LogP contribution in [-0.2, 0) is 26.2 Å². The van der Waals surface area contributed by atoms with E-state index in [1.807, 2.05) is 0 Å². The summed E-state index contributed by atoms with van der Waals surface area (Å²) in [5, 5.41) is 12.4. The molecule has 0 aliphatic carbocycles. The second-order valence-corrected chi connectivity index (χ2v) is 14.1. The molecule has 2 amide bonds. The summed E-state index contributed by atoms with van der Waals surface area (Å²) >= 11 is 0. The van der Waals surface area contributed by atoms with Crippen molar-refractivity contribution in [2.45, 2.75) is 95.4 Å². The van der Waals surface area contributed by atoms with Gasteiger partial charge in [-0.2, -0.15) is 4.31 Å². The summed E-state index contributed by atoms with van der Waals surface area (Å²) in [7, 11) is -2.16. The third kappa shape index (κ3) is 11.7. The summed E-state index contributed by atoms with van der Waals surface area (Å²) in [4.78, 5) is 38.3. The van der Waals surface area contributed by atoms with E-state index in [0.717, 1.165) is 12.8 Å². The fraction of sp³-hybridized carbons (Fsp3) is 0.571. The van der Waals surface area contributed by atoms with E-state index in [2.05, 4.69) is 12.2 Å². The largest absolute Gasteiger partial charge is 0.497 e. The van der Waals surface area contributed by atoms with Crippen LogP contribution in [0, 0.1) is 5.92 Å². The number of amides is 2. The number of carbonyl (C=O) groups excluding carboxylic acids is 2. The van der Waals surface area contributed by atoms with E-state index in [4.69, 9.17) is 4.74 Å². The van der Waals surface area contributed by atoms with Crippen molar-refractivity contribution in [1.29, 1.82) is 0 Å². The molecule has 1 heterocycles. The Hall–Kier alpha value is -3.44. The van der Waals surface area contributed by atoms with E-state index in [1.165, 1.54) is 79.8 Å². The fourth-order valence-corrected chi connectivity index (χ4v) is 7.26. The summed E-state index contributed by atoms with van der Waals surface area (Å²) in [5.74, 6) is -2.19. The number of piperidine rings is 1. The number of hydrogen-bond donors (Lipinski definition) is 2. The summed E-state index contributed by atoms with van der Waals surface area (Å²) < 4.78 is 32.7. The van der Waals surface area contributed by atoms with Crippen molar-refractivity contribution in [3.05, 3.63) is 59.7 Å². The molecule has 0 saturated carbocycles. The van der Waals surface area contributed by atoms with Crippen molar-refractivity contribution in [2.75, 3.05) is 33.3 Å². The van der Waals surface area contributed by atoms with Crippen LogP contribution in [0.1, 0.15) is 99.9 Å². The average Bonchev–Trinajstić information content (AvgIpc) is 3.07. The zero-order valence-electron chi connectivity index (χ0n) is 27.4. The van der Waals surface area contributed by atoms with E-state index < -0.39 is 21.9 Å². The van der Waals surface area contributed by atoms with Crippen molar-refractivity contribution in [3.63, 3.8) is 0 Å². The van der Waals surface area contributed by atoms with Crippen LogP contribution in [0.2, 0.25) is 0 Å². The number of nitrogens with one attached hydrogen (secondary N) is 1. The average molecular weight is 658 g/mol. The lowest BCUT2D eigenvalue weighted by Gasteiger charge is -2.34. The molecule has 0 radical (unpaired) electrons. The third-order valence-corrected chi connectivity index (χ3v) is 10.5. The van der Waals surface area contributed by atoms with Gasteiger partial charge in [-0.25, -0.2) is 13.2 Å². The molecule has 1 aliphatic heterocycles. The van der Waals surface area contributed by atoms with Gasteiger partial charge < -0.3 is 20.1 Å². The minimum atomic E-state index is -3.67. The van der Waals surface area contributed by atoms with E-state index in [0.29, 0.717) is 36.3 Å². The van der Waals surface area contributed by atoms with Gasteiger partial charge in [0.2, 0.25) is 10.0 Å².